The van der Waals surface area contributed by atoms with Gasteiger partial charge in [-0.05, 0) is 12.0 Å². The summed E-state index contributed by atoms with van der Waals surface area (Å²) in [6.45, 7) is -1.25. The van der Waals surface area contributed by atoms with E-state index in [-0.39, 0.29) is 6.42 Å². The molecule has 0 saturated carbocycles. The number of nitrogens with two attached hydrogens (primary N) is 1. The third-order valence-electron chi connectivity index (χ3n) is 2.86. The highest BCUT2D eigenvalue weighted by Crippen LogP contribution is 2.02. The molecule has 0 aliphatic rings. The molecule has 6 N–H and O–H groups in total. The number of carboxylic acids is 1. The summed E-state index contributed by atoms with van der Waals surface area (Å²) in [6, 6.07) is 6.97. The third-order valence-corrected chi connectivity index (χ3v) is 2.86. The van der Waals surface area contributed by atoms with Crippen LogP contribution in [0.15, 0.2) is 30.3 Å². The molecule has 0 heterocycles. The fourth-order valence-corrected chi connectivity index (χ4v) is 1.72. The molecule has 2 atom stereocenters. The zero-order valence-corrected chi connectivity index (χ0v) is 11.9. The largest absolute Gasteiger partial charge is 0.480 e. The Morgan fingerprint density at radius 2 is 1.77 bits per heavy atom. The number of carbonyl (C=O) groups is 3. The Balaban J connectivity index is 2.53. The number of hydrogen-bond donors (Lipinski definition) is 5. The van der Waals surface area contributed by atoms with Gasteiger partial charge in [-0.2, -0.15) is 0 Å². The molecule has 2 amide bonds. The van der Waals surface area contributed by atoms with Crippen LogP contribution in [0.1, 0.15) is 5.56 Å². The lowest BCUT2D eigenvalue weighted by atomic mass is 10.1. The first kappa shape index (κ1) is 17.6. The first-order valence-corrected chi connectivity index (χ1v) is 6.64. The quantitative estimate of drug-likeness (QED) is 0.385. The monoisotopic (exact) mass is 309 g/mol. The first-order chi connectivity index (χ1) is 10.4. The van der Waals surface area contributed by atoms with Crippen molar-refractivity contribution < 1.29 is 24.6 Å². The van der Waals surface area contributed by atoms with Gasteiger partial charge in [0.2, 0.25) is 11.8 Å². The minimum absolute atomic E-state index is 0.279. The van der Waals surface area contributed by atoms with Crippen LogP contribution < -0.4 is 16.4 Å². The number of aliphatic hydroxyl groups is 1. The first-order valence-electron chi connectivity index (χ1n) is 6.64. The molecular formula is C14H19N3O5. The molecule has 0 fully saturated rings. The molecule has 22 heavy (non-hydrogen) atoms. The molecule has 120 valence electrons. The molecule has 0 bridgehead atoms. The van der Waals surface area contributed by atoms with Gasteiger partial charge in [0.15, 0.2) is 0 Å². The Morgan fingerprint density at radius 1 is 1.14 bits per heavy atom. The average Bonchev–Trinajstić information content (AvgIpc) is 2.50. The van der Waals surface area contributed by atoms with Gasteiger partial charge in [-0.15, -0.1) is 0 Å². The van der Waals surface area contributed by atoms with Crippen molar-refractivity contribution in [1.29, 1.82) is 0 Å². The number of nitrogens with one attached hydrogen (secondary N) is 2. The van der Waals surface area contributed by atoms with Crippen LogP contribution in [-0.4, -0.2) is 53.2 Å². The second-order valence-corrected chi connectivity index (χ2v) is 4.65. The van der Waals surface area contributed by atoms with Crippen LogP contribution in [0.2, 0.25) is 0 Å². The molecule has 0 radical (unpaired) electrons. The Hall–Kier alpha value is -2.45. The molecule has 0 saturated heterocycles. The lowest BCUT2D eigenvalue weighted by Crippen LogP contribution is -2.54. The third kappa shape index (κ3) is 5.90. The van der Waals surface area contributed by atoms with Gasteiger partial charge in [0.25, 0.3) is 0 Å². The fraction of sp³-hybridized carbons (Fsp3) is 0.357. The van der Waals surface area contributed by atoms with Crippen molar-refractivity contribution in [3.8, 4) is 0 Å². The van der Waals surface area contributed by atoms with Crippen LogP contribution in [0.3, 0.4) is 0 Å². The number of aliphatic carboxylic acids is 1. The summed E-state index contributed by atoms with van der Waals surface area (Å²) in [6.07, 6.45) is 0.279. The molecule has 1 rings (SSSR count). The van der Waals surface area contributed by atoms with Gasteiger partial charge in [0.1, 0.15) is 12.6 Å². The number of carbonyl (C=O) groups excluding carboxylic acids is 2. The molecule has 0 aliphatic heterocycles. The summed E-state index contributed by atoms with van der Waals surface area (Å²) < 4.78 is 0. The highest BCUT2D eigenvalue weighted by atomic mass is 16.4. The van der Waals surface area contributed by atoms with Crippen molar-refractivity contribution in [3.05, 3.63) is 35.9 Å². The number of amides is 2. The van der Waals surface area contributed by atoms with Crippen molar-refractivity contribution in [2.45, 2.75) is 18.5 Å². The summed E-state index contributed by atoms with van der Waals surface area (Å²) >= 11 is 0. The zero-order chi connectivity index (χ0) is 16.5. The van der Waals surface area contributed by atoms with Crippen LogP contribution in [0.25, 0.3) is 0 Å². The Labute approximate surface area is 127 Å². The molecule has 8 heteroatoms. The molecule has 8 nitrogen and oxygen atoms in total. The minimum Gasteiger partial charge on any atom is -0.480 e. The highest BCUT2D eigenvalue weighted by molar-refractivity contribution is 5.91. The van der Waals surface area contributed by atoms with E-state index in [0.717, 1.165) is 5.56 Å². The van der Waals surface area contributed by atoms with Crippen molar-refractivity contribution in [2.75, 3.05) is 13.2 Å². The molecular weight excluding hydrogens is 290 g/mol. The number of benzene rings is 1. The Bertz CT molecular complexity index is 520. The topological polar surface area (TPSA) is 142 Å². The molecule has 1 aromatic carbocycles. The predicted octanol–water partition coefficient (Wildman–Crippen LogP) is -1.77. The lowest BCUT2D eigenvalue weighted by molar-refractivity contribution is -0.138. The molecule has 0 aliphatic carbocycles. The summed E-state index contributed by atoms with van der Waals surface area (Å²) in [7, 11) is 0. The Morgan fingerprint density at radius 3 is 2.32 bits per heavy atom. The van der Waals surface area contributed by atoms with Crippen molar-refractivity contribution in [1.82, 2.24) is 10.6 Å². The van der Waals surface area contributed by atoms with Gasteiger partial charge in [-0.1, -0.05) is 30.3 Å². The van der Waals surface area contributed by atoms with Crippen LogP contribution in [0.4, 0.5) is 0 Å². The second-order valence-electron chi connectivity index (χ2n) is 4.65. The highest BCUT2D eigenvalue weighted by Gasteiger charge is 2.23. The molecule has 1 aromatic rings. The van der Waals surface area contributed by atoms with Crippen LogP contribution in [0.5, 0.6) is 0 Å². The van der Waals surface area contributed by atoms with Gasteiger partial charge in [-0.25, -0.2) is 0 Å². The normalized spacial score (nSPS) is 13.0. The van der Waals surface area contributed by atoms with Crippen molar-refractivity contribution in [3.63, 3.8) is 0 Å². The number of carboxylic acid groups (broad SMARTS) is 1. The number of rotatable bonds is 8. The summed E-state index contributed by atoms with van der Waals surface area (Å²) in [5, 5.41) is 21.9. The van der Waals surface area contributed by atoms with E-state index in [1.807, 2.05) is 30.3 Å². The standard InChI is InChI=1S/C14H19N3O5/c15-10(6-9-4-2-1-3-5-9)13(21)17-11(8-18)14(22)16-7-12(19)20/h1-5,10-11,18H,6-8,15H2,(H,16,22)(H,17,21)(H,19,20). The van der Waals surface area contributed by atoms with E-state index >= 15 is 0 Å². The van der Waals surface area contributed by atoms with Crippen molar-refractivity contribution >= 4 is 17.8 Å². The fourth-order valence-electron chi connectivity index (χ4n) is 1.72. The zero-order valence-electron chi connectivity index (χ0n) is 11.9. The van der Waals surface area contributed by atoms with E-state index in [1.165, 1.54) is 0 Å². The van der Waals surface area contributed by atoms with E-state index in [2.05, 4.69) is 10.6 Å². The minimum atomic E-state index is -1.24. The summed E-state index contributed by atoms with van der Waals surface area (Å²) in [4.78, 5) is 33.9. The maximum absolute atomic E-state index is 11.9. The second kappa shape index (κ2) is 8.75. The van der Waals surface area contributed by atoms with Gasteiger partial charge in [-0.3, -0.25) is 14.4 Å². The van der Waals surface area contributed by atoms with E-state index in [1.54, 1.807) is 0 Å². The van der Waals surface area contributed by atoms with E-state index < -0.39 is 43.0 Å². The van der Waals surface area contributed by atoms with Crippen LogP contribution >= 0.6 is 0 Å². The van der Waals surface area contributed by atoms with E-state index in [4.69, 9.17) is 15.9 Å². The smallest absolute Gasteiger partial charge is 0.322 e. The van der Waals surface area contributed by atoms with Gasteiger partial charge < -0.3 is 26.6 Å². The van der Waals surface area contributed by atoms with Gasteiger partial charge in [0.05, 0.1) is 12.6 Å². The van der Waals surface area contributed by atoms with Gasteiger partial charge >= 0.3 is 5.97 Å². The molecule has 0 spiro atoms. The predicted molar refractivity (Wildman–Crippen MR) is 77.8 cm³/mol. The average molecular weight is 309 g/mol. The SMILES string of the molecule is NC(Cc1ccccc1)C(=O)NC(CO)C(=O)NCC(=O)O. The van der Waals surface area contributed by atoms with Crippen molar-refractivity contribution in [2.24, 2.45) is 5.73 Å². The number of hydrogen-bond acceptors (Lipinski definition) is 5. The summed E-state index contributed by atoms with van der Waals surface area (Å²) in [5.74, 6) is -2.62. The summed E-state index contributed by atoms with van der Waals surface area (Å²) in [5.41, 5.74) is 6.62. The van der Waals surface area contributed by atoms with Gasteiger partial charge in [0, 0.05) is 0 Å². The van der Waals surface area contributed by atoms with Crippen LogP contribution in [-0.2, 0) is 20.8 Å². The maximum Gasteiger partial charge on any atom is 0.322 e. The molecule has 2 unspecified atom stereocenters. The van der Waals surface area contributed by atoms with E-state index in [0.29, 0.717) is 0 Å². The Kier molecular flexibility index (Phi) is 7.00. The molecule has 0 aromatic heterocycles. The van der Waals surface area contributed by atoms with E-state index in [9.17, 15) is 14.4 Å². The lowest BCUT2D eigenvalue weighted by Gasteiger charge is -2.18. The maximum atomic E-state index is 11.9. The van der Waals surface area contributed by atoms with Crippen LogP contribution in [0, 0.1) is 0 Å². The number of aliphatic hydroxyl groups excluding tert-OH is 1.